The molecule has 0 aliphatic heterocycles. The van der Waals surface area contributed by atoms with Crippen LogP contribution < -0.4 is 0 Å². The van der Waals surface area contributed by atoms with Crippen molar-refractivity contribution >= 4 is 17.1 Å². The minimum atomic E-state index is 0.192. The van der Waals surface area contributed by atoms with Gasteiger partial charge in [0.05, 0.1) is 0 Å². The first-order chi connectivity index (χ1) is 9.97. The number of benzene rings is 1. The summed E-state index contributed by atoms with van der Waals surface area (Å²) in [5, 5.41) is 0. The molecule has 1 aromatic rings. The number of Topliss-reactive ketones (excluding diaryl/α,β-unsaturated/α-hetero) is 2. The van der Waals surface area contributed by atoms with E-state index in [-0.39, 0.29) is 11.6 Å². The van der Waals surface area contributed by atoms with Crippen LogP contribution in [0.2, 0.25) is 0 Å². The van der Waals surface area contributed by atoms with Crippen LogP contribution in [-0.4, -0.2) is 11.6 Å². The summed E-state index contributed by atoms with van der Waals surface area (Å²) in [5.74, 6) is 0.405. The van der Waals surface area contributed by atoms with Crippen LogP contribution in [0.1, 0.15) is 71.6 Å². The van der Waals surface area contributed by atoms with Crippen LogP contribution in [0.25, 0.3) is 5.57 Å². The number of rotatable bonds is 4. The molecular weight excluding hydrogens is 260 g/mol. The average molecular weight is 284 g/mol. The van der Waals surface area contributed by atoms with Gasteiger partial charge in [0, 0.05) is 24.0 Å². The molecule has 0 radical (unpaired) electrons. The van der Waals surface area contributed by atoms with Crippen molar-refractivity contribution in [3.63, 3.8) is 0 Å². The highest BCUT2D eigenvalue weighted by atomic mass is 16.1. The Labute approximate surface area is 127 Å². The van der Waals surface area contributed by atoms with E-state index in [9.17, 15) is 9.59 Å². The van der Waals surface area contributed by atoms with E-state index in [1.165, 1.54) is 0 Å². The summed E-state index contributed by atoms with van der Waals surface area (Å²) in [5.41, 5.74) is 5.73. The molecule has 0 N–H and O–H groups in total. The topological polar surface area (TPSA) is 34.1 Å². The summed E-state index contributed by atoms with van der Waals surface area (Å²) >= 11 is 0. The van der Waals surface area contributed by atoms with Gasteiger partial charge in [-0.3, -0.25) is 9.59 Å². The van der Waals surface area contributed by atoms with E-state index in [0.29, 0.717) is 12.8 Å². The minimum Gasteiger partial charge on any atom is -0.294 e. The lowest BCUT2D eigenvalue weighted by Gasteiger charge is -2.20. The second-order valence-corrected chi connectivity index (χ2v) is 5.99. The summed E-state index contributed by atoms with van der Waals surface area (Å²) < 4.78 is 0. The summed E-state index contributed by atoms with van der Waals surface area (Å²) in [6.07, 6.45) is 5.97. The fraction of sp³-hybridized carbons (Fsp3) is 0.474. The molecule has 0 atom stereocenters. The van der Waals surface area contributed by atoms with E-state index in [4.69, 9.17) is 0 Å². The SMILES string of the molecule is CCCC(=O)c1c(C)cc(C)c(C2=CCCCC2=O)c1C. The third kappa shape index (κ3) is 2.99. The number of allylic oxidation sites excluding steroid dienone is 2. The van der Waals surface area contributed by atoms with Crippen LogP contribution in [0.3, 0.4) is 0 Å². The molecule has 0 saturated heterocycles. The Morgan fingerprint density at radius 1 is 1.19 bits per heavy atom. The summed E-state index contributed by atoms with van der Waals surface area (Å²) in [6, 6.07) is 2.05. The Morgan fingerprint density at radius 3 is 2.52 bits per heavy atom. The summed E-state index contributed by atoms with van der Waals surface area (Å²) in [6.45, 7) is 8.03. The molecule has 1 aliphatic carbocycles. The fourth-order valence-electron chi connectivity index (χ4n) is 3.38. The molecule has 21 heavy (non-hydrogen) atoms. The van der Waals surface area contributed by atoms with Crippen molar-refractivity contribution in [1.82, 2.24) is 0 Å². The molecule has 0 saturated carbocycles. The number of hydrogen-bond donors (Lipinski definition) is 0. The second-order valence-electron chi connectivity index (χ2n) is 5.99. The van der Waals surface area contributed by atoms with Gasteiger partial charge in [0.1, 0.15) is 0 Å². The van der Waals surface area contributed by atoms with Gasteiger partial charge in [-0.05, 0) is 62.3 Å². The van der Waals surface area contributed by atoms with E-state index >= 15 is 0 Å². The van der Waals surface area contributed by atoms with Crippen LogP contribution in [0.15, 0.2) is 12.1 Å². The molecule has 1 aliphatic rings. The molecule has 112 valence electrons. The Balaban J connectivity index is 2.62. The maximum Gasteiger partial charge on any atom is 0.163 e. The summed E-state index contributed by atoms with van der Waals surface area (Å²) in [7, 11) is 0. The maximum absolute atomic E-state index is 12.4. The molecule has 2 rings (SSSR count). The predicted octanol–water partition coefficient (Wildman–Crippen LogP) is 4.73. The van der Waals surface area contributed by atoms with Gasteiger partial charge in [-0.1, -0.05) is 19.1 Å². The van der Waals surface area contributed by atoms with Gasteiger partial charge in [0.2, 0.25) is 0 Å². The van der Waals surface area contributed by atoms with Gasteiger partial charge in [-0.2, -0.15) is 0 Å². The van der Waals surface area contributed by atoms with Crippen LogP contribution in [0, 0.1) is 20.8 Å². The monoisotopic (exact) mass is 284 g/mol. The Morgan fingerprint density at radius 2 is 1.90 bits per heavy atom. The normalized spacial score (nSPS) is 15.0. The van der Waals surface area contributed by atoms with Crippen LogP contribution in [-0.2, 0) is 4.79 Å². The molecule has 0 fully saturated rings. The van der Waals surface area contributed by atoms with Gasteiger partial charge in [-0.15, -0.1) is 0 Å². The molecule has 0 heterocycles. The zero-order valence-corrected chi connectivity index (χ0v) is 13.5. The van der Waals surface area contributed by atoms with Crippen molar-refractivity contribution in [2.45, 2.75) is 59.8 Å². The van der Waals surface area contributed by atoms with Crippen LogP contribution in [0.4, 0.5) is 0 Å². The largest absolute Gasteiger partial charge is 0.294 e. The molecule has 1 aromatic carbocycles. The van der Waals surface area contributed by atoms with Gasteiger partial charge < -0.3 is 0 Å². The molecule has 2 nitrogen and oxygen atoms in total. The van der Waals surface area contributed by atoms with E-state index in [1.807, 2.05) is 39.8 Å². The molecule has 0 aromatic heterocycles. The molecule has 0 amide bonds. The zero-order valence-electron chi connectivity index (χ0n) is 13.5. The summed E-state index contributed by atoms with van der Waals surface area (Å²) in [4.78, 5) is 24.6. The quantitative estimate of drug-likeness (QED) is 0.749. The van der Waals surface area contributed by atoms with Crippen LogP contribution in [0.5, 0.6) is 0 Å². The lowest BCUT2D eigenvalue weighted by Crippen LogP contribution is -2.13. The standard InChI is InChI=1S/C19H24O2/c1-5-8-17(21)19-13(3)11-12(2)18(14(19)4)15-9-6-7-10-16(15)20/h9,11H,5-8,10H2,1-4H3. The highest BCUT2D eigenvalue weighted by Gasteiger charge is 2.23. The predicted molar refractivity (Wildman–Crippen MR) is 86.7 cm³/mol. The smallest absolute Gasteiger partial charge is 0.163 e. The molecule has 0 unspecified atom stereocenters. The number of ketones is 2. The number of carbonyl (C=O) groups is 2. The van der Waals surface area contributed by atoms with Crippen molar-refractivity contribution in [2.75, 3.05) is 0 Å². The highest BCUT2D eigenvalue weighted by molar-refractivity contribution is 6.22. The van der Waals surface area contributed by atoms with E-state index < -0.39 is 0 Å². The average Bonchev–Trinajstić information content (AvgIpc) is 2.40. The molecule has 0 spiro atoms. The lowest BCUT2D eigenvalue weighted by atomic mass is 9.83. The van der Waals surface area contributed by atoms with E-state index in [2.05, 4.69) is 0 Å². The van der Waals surface area contributed by atoms with Crippen molar-refractivity contribution in [3.05, 3.63) is 40.0 Å². The Bertz CT molecular complexity index is 621. The molecular formula is C19H24O2. The molecule has 2 heteroatoms. The lowest BCUT2D eigenvalue weighted by molar-refractivity contribution is -0.114. The first kappa shape index (κ1) is 15.7. The van der Waals surface area contributed by atoms with E-state index in [0.717, 1.165) is 52.7 Å². The zero-order chi connectivity index (χ0) is 15.6. The van der Waals surface area contributed by atoms with Crippen molar-refractivity contribution in [1.29, 1.82) is 0 Å². The van der Waals surface area contributed by atoms with Gasteiger partial charge in [-0.25, -0.2) is 0 Å². The second kappa shape index (κ2) is 6.38. The Kier molecular flexibility index (Phi) is 4.76. The third-order valence-electron chi connectivity index (χ3n) is 4.25. The van der Waals surface area contributed by atoms with Crippen molar-refractivity contribution in [3.8, 4) is 0 Å². The number of aryl methyl sites for hydroxylation is 2. The maximum atomic E-state index is 12.4. The van der Waals surface area contributed by atoms with Crippen molar-refractivity contribution in [2.24, 2.45) is 0 Å². The molecule has 0 bridgehead atoms. The third-order valence-corrected chi connectivity index (χ3v) is 4.25. The number of carbonyl (C=O) groups excluding carboxylic acids is 2. The Hall–Kier alpha value is -1.70. The highest BCUT2D eigenvalue weighted by Crippen LogP contribution is 2.32. The first-order valence-electron chi connectivity index (χ1n) is 7.85. The van der Waals surface area contributed by atoms with E-state index in [1.54, 1.807) is 0 Å². The van der Waals surface area contributed by atoms with Crippen LogP contribution >= 0.6 is 0 Å². The van der Waals surface area contributed by atoms with Gasteiger partial charge in [0.25, 0.3) is 0 Å². The fourth-order valence-corrected chi connectivity index (χ4v) is 3.38. The van der Waals surface area contributed by atoms with Crippen molar-refractivity contribution < 1.29 is 9.59 Å². The van der Waals surface area contributed by atoms with Gasteiger partial charge >= 0.3 is 0 Å². The number of hydrogen-bond acceptors (Lipinski definition) is 2. The van der Waals surface area contributed by atoms with Gasteiger partial charge in [0.15, 0.2) is 11.6 Å². The first-order valence-corrected chi connectivity index (χ1v) is 7.85. The minimum absolute atomic E-state index is 0.192.